The fourth-order valence-corrected chi connectivity index (χ4v) is 3.52. The molecule has 30 heavy (non-hydrogen) atoms. The molecule has 8 nitrogen and oxygen atoms in total. The van der Waals surface area contributed by atoms with Crippen LogP contribution in [0.15, 0.2) is 36.4 Å². The molecule has 3 rings (SSSR count). The molecule has 2 heterocycles. The number of carbonyl (C=O) groups excluding carboxylic acids is 2. The van der Waals surface area contributed by atoms with Gasteiger partial charge in [-0.15, -0.1) is 0 Å². The summed E-state index contributed by atoms with van der Waals surface area (Å²) in [5.41, 5.74) is 1.98. The van der Waals surface area contributed by atoms with Crippen molar-refractivity contribution in [2.24, 2.45) is 0 Å². The number of anilines is 1. The molecule has 1 aliphatic rings. The van der Waals surface area contributed by atoms with Crippen LogP contribution in [0.5, 0.6) is 0 Å². The number of carbonyl (C=O) groups is 2. The van der Waals surface area contributed by atoms with E-state index in [-0.39, 0.29) is 17.7 Å². The maximum Gasteiger partial charge on any atom is 0.236 e. The number of nitrogens with zero attached hydrogens (tertiary/aromatic N) is 5. The molecule has 1 aromatic heterocycles. The first-order valence-corrected chi connectivity index (χ1v) is 10.1. The van der Waals surface area contributed by atoms with Gasteiger partial charge in [0, 0.05) is 52.6 Å². The van der Waals surface area contributed by atoms with Crippen molar-refractivity contribution < 1.29 is 9.59 Å². The van der Waals surface area contributed by atoms with Crippen LogP contribution in [-0.2, 0) is 22.7 Å². The lowest BCUT2D eigenvalue weighted by molar-refractivity contribution is -0.130. The third-order valence-electron chi connectivity index (χ3n) is 5.21. The number of nitrogens with one attached hydrogen (secondary N) is 1. The first-order chi connectivity index (χ1) is 14.4. The van der Waals surface area contributed by atoms with Crippen LogP contribution in [0.25, 0.3) is 0 Å². The molecule has 1 aliphatic heterocycles. The largest absolute Gasteiger partial charge is 0.373 e. The van der Waals surface area contributed by atoms with Crippen molar-refractivity contribution in [3.8, 4) is 0 Å². The van der Waals surface area contributed by atoms with Crippen LogP contribution in [0.4, 0.5) is 5.82 Å². The van der Waals surface area contributed by atoms with Crippen LogP contribution >= 0.6 is 0 Å². The Kier molecular flexibility index (Phi) is 6.99. The van der Waals surface area contributed by atoms with E-state index in [1.54, 1.807) is 19.0 Å². The summed E-state index contributed by atoms with van der Waals surface area (Å²) in [5.74, 6) is 1.56. The molecule has 0 spiro atoms. The number of amides is 2. The second kappa shape index (κ2) is 9.67. The second-order valence-electron chi connectivity index (χ2n) is 7.97. The average Bonchev–Trinajstić information content (AvgIpc) is 3.08. The summed E-state index contributed by atoms with van der Waals surface area (Å²) in [6.45, 7) is 2.00. The number of likely N-dealkylation sites (tertiary alicyclic amines) is 1. The molecule has 8 heteroatoms. The lowest BCUT2D eigenvalue weighted by Gasteiger charge is -2.20. The quantitative estimate of drug-likeness (QED) is 0.711. The van der Waals surface area contributed by atoms with Gasteiger partial charge in [-0.1, -0.05) is 30.3 Å². The number of hydrogen-bond acceptors (Lipinski definition) is 6. The van der Waals surface area contributed by atoms with Gasteiger partial charge < -0.3 is 15.1 Å². The van der Waals surface area contributed by atoms with Crippen LogP contribution in [-0.4, -0.2) is 77.8 Å². The summed E-state index contributed by atoms with van der Waals surface area (Å²) in [5, 5.41) is 3.08. The zero-order valence-corrected chi connectivity index (χ0v) is 18.1. The third kappa shape index (κ3) is 5.54. The molecule has 1 atom stereocenters. The van der Waals surface area contributed by atoms with Crippen LogP contribution in [0.2, 0.25) is 0 Å². The first-order valence-electron chi connectivity index (χ1n) is 10.1. The molecule has 0 bridgehead atoms. The Morgan fingerprint density at radius 1 is 1.20 bits per heavy atom. The fraction of sp³-hybridized carbons (Fsp3) is 0.455. The minimum absolute atomic E-state index is 0.0282. The zero-order chi connectivity index (χ0) is 21.7. The van der Waals surface area contributed by atoms with Crippen molar-refractivity contribution in [1.82, 2.24) is 24.7 Å². The number of hydrogen-bond donors (Lipinski definition) is 1. The van der Waals surface area contributed by atoms with Crippen molar-refractivity contribution in [3.63, 3.8) is 0 Å². The third-order valence-corrected chi connectivity index (χ3v) is 5.21. The van der Waals surface area contributed by atoms with E-state index >= 15 is 0 Å². The summed E-state index contributed by atoms with van der Waals surface area (Å²) < 4.78 is 0. The van der Waals surface area contributed by atoms with E-state index in [2.05, 4.69) is 10.3 Å². The van der Waals surface area contributed by atoms with E-state index in [4.69, 9.17) is 4.98 Å². The Balaban J connectivity index is 1.71. The maximum atomic E-state index is 12.6. The van der Waals surface area contributed by atoms with Crippen LogP contribution < -0.4 is 5.32 Å². The number of benzene rings is 1. The van der Waals surface area contributed by atoms with Gasteiger partial charge in [0.05, 0.1) is 18.8 Å². The fourth-order valence-electron chi connectivity index (χ4n) is 3.52. The number of aromatic nitrogens is 2. The van der Waals surface area contributed by atoms with Gasteiger partial charge in [0.1, 0.15) is 11.6 Å². The highest BCUT2D eigenvalue weighted by atomic mass is 16.2. The summed E-state index contributed by atoms with van der Waals surface area (Å²) in [7, 11) is 7.17. The molecule has 0 aliphatic carbocycles. The average molecular weight is 411 g/mol. The van der Waals surface area contributed by atoms with Crippen molar-refractivity contribution in [3.05, 3.63) is 53.5 Å². The summed E-state index contributed by atoms with van der Waals surface area (Å²) in [6, 6.07) is 11.9. The van der Waals surface area contributed by atoms with Crippen LogP contribution in [0, 0.1) is 0 Å². The van der Waals surface area contributed by atoms with E-state index in [0.717, 1.165) is 17.1 Å². The predicted octanol–water partition coefficient (Wildman–Crippen LogP) is 1.55. The monoisotopic (exact) mass is 410 g/mol. The molecule has 160 valence electrons. The molecule has 2 aromatic rings. The molecule has 0 unspecified atom stereocenters. The van der Waals surface area contributed by atoms with Crippen LogP contribution in [0.3, 0.4) is 0 Å². The van der Waals surface area contributed by atoms with E-state index in [1.165, 1.54) is 0 Å². The van der Waals surface area contributed by atoms with Crippen molar-refractivity contribution in [2.75, 3.05) is 46.6 Å². The van der Waals surface area contributed by atoms with Gasteiger partial charge >= 0.3 is 0 Å². The van der Waals surface area contributed by atoms with Crippen molar-refractivity contribution in [2.45, 2.75) is 25.4 Å². The van der Waals surface area contributed by atoms with E-state index in [0.29, 0.717) is 38.4 Å². The Bertz CT molecular complexity index is 886. The Morgan fingerprint density at radius 3 is 2.60 bits per heavy atom. The van der Waals surface area contributed by atoms with E-state index < -0.39 is 0 Å². The Morgan fingerprint density at radius 2 is 1.93 bits per heavy atom. The van der Waals surface area contributed by atoms with Gasteiger partial charge in [-0.05, 0) is 12.6 Å². The predicted molar refractivity (Wildman–Crippen MR) is 116 cm³/mol. The Hall–Kier alpha value is -3.00. The summed E-state index contributed by atoms with van der Waals surface area (Å²) in [4.78, 5) is 39.2. The topological polar surface area (TPSA) is 81.7 Å². The maximum absolute atomic E-state index is 12.6. The molecule has 0 radical (unpaired) electrons. The first kappa shape index (κ1) is 21.7. The number of likely N-dealkylation sites (N-methyl/N-ethyl adjacent to an activating group) is 2. The molecule has 2 amide bonds. The van der Waals surface area contributed by atoms with Crippen molar-refractivity contribution in [1.29, 1.82) is 0 Å². The molecular formula is C22H30N6O2. The van der Waals surface area contributed by atoms with Gasteiger partial charge in [-0.25, -0.2) is 9.97 Å². The highest BCUT2D eigenvalue weighted by Crippen LogP contribution is 2.29. The Labute approximate surface area is 177 Å². The van der Waals surface area contributed by atoms with Gasteiger partial charge in [-0.3, -0.25) is 14.5 Å². The van der Waals surface area contributed by atoms with Gasteiger partial charge in [0.25, 0.3) is 0 Å². The lowest BCUT2D eigenvalue weighted by atomic mass is 10.0. The minimum Gasteiger partial charge on any atom is -0.373 e. The molecule has 0 saturated carbocycles. The minimum atomic E-state index is 0.0282. The molecule has 1 N–H and O–H groups in total. The van der Waals surface area contributed by atoms with Crippen molar-refractivity contribution >= 4 is 17.6 Å². The highest BCUT2D eigenvalue weighted by molar-refractivity contribution is 5.79. The van der Waals surface area contributed by atoms with E-state index in [1.807, 2.05) is 60.3 Å². The lowest BCUT2D eigenvalue weighted by Crippen LogP contribution is -2.34. The molecular weight excluding hydrogens is 380 g/mol. The van der Waals surface area contributed by atoms with Gasteiger partial charge in [0.2, 0.25) is 11.8 Å². The summed E-state index contributed by atoms with van der Waals surface area (Å²) >= 11 is 0. The normalized spacial score (nSPS) is 16.2. The standard InChI is InChI=1S/C22H30N6O2/c1-23-19-11-18(24-20(25-19)14-27(4)15-22(30)26(2)3)17-10-21(29)28(13-17)12-16-8-6-5-7-9-16/h5-9,11,17H,10,12-15H2,1-4H3,(H,23,24,25)/t17-/m0/s1. The smallest absolute Gasteiger partial charge is 0.236 e. The SMILES string of the molecule is CNc1cc([C@H]2CC(=O)N(Cc3ccccc3)C2)nc(CN(C)CC(=O)N(C)C)n1. The molecule has 1 saturated heterocycles. The highest BCUT2D eigenvalue weighted by Gasteiger charge is 2.32. The molecule has 1 aromatic carbocycles. The van der Waals surface area contributed by atoms with Gasteiger partial charge in [-0.2, -0.15) is 0 Å². The zero-order valence-electron chi connectivity index (χ0n) is 18.1. The second-order valence-corrected chi connectivity index (χ2v) is 7.97. The summed E-state index contributed by atoms with van der Waals surface area (Å²) in [6.07, 6.45) is 0.446. The molecule has 1 fully saturated rings. The number of rotatable bonds is 8. The van der Waals surface area contributed by atoms with E-state index in [9.17, 15) is 9.59 Å². The van der Waals surface area contributed by atoms with Crippen LogP contribution in [0.1, 0.15) is 29.4 Å². The van der Waals surface area contributed by atoms with Gasteiger partial charge in [0.15, 0.2) is 0 Å².